The molecule has 2 aliphatic heterocycles. The summed E-state index contributed by atoms with van der Waals surface area (Å²) in [5.74, 6) is 2.53. The Kier molecular flexibility index (Phi) is 7.71. The molecule has 0 amide bonds. The predicted octanol–water partition coefficient (Wildman–Crippen LogP) is 6.16. The number of aromatic nitrogens is 2. The minimum absolute atomic E-state index is 0.127. The van der Waals surface area contributed by atoms with E-state index in [1.165, 1.54) is 37.9 Å². The Morgan fingerprint density at radius 3 is 2.28 bits per heavy atom. The van der Waals surface area contributed by atoms with Crippen LogP contribution >= 0.6 is 0 Å². The summed E-state index contributed by atoms with van der Waals surface area (Å²) in [5, 5.41) is 3.41. The molecule has 5 rings (SSSR count). The van der Waals surface area contributed by atoms with E-state index in [9.17, 15) is 0 Å². The Balaban J connectivity index is 1.37. The molecule has 2 aliphatic rings. The molecule has 2 fully saturated rings. The van der Waals surface area contributed by atoms with Crippen molar-refractivity contribution in [2.75, 3.05) is 43.5 Å². The largest absolute Gasteiger partial charge is 0.497 e. The van der Waals surface area contributed by atoms with Gasteiger partial charge in [0.15, 0.2) is 0 Å². The second-order valence-corrected chi connectivity index (χ2v) is 10.1. The SMILES string of the molecule is CCCc1cc(N2CCC(c3ccccc3)(N3CCCCC3)CC2)nc(Nc2ccc(OC)cc2)n1. The van der Waals surface area contributed by atoms with Gasteiger partial charge in [-0.1, -0.05) is 50.1 Å². The second kappa shape index (κ2) is 11.3. The minimum Gasteiger partial charge on any atom is -0.497 e. The fourth-order valence-electron chi connectivity index (χ4n) is 5.85. The van der Waals surface area contributed by atoms with Crippen molar-refractivity contribution in [3.63, 3.8) is 0 Å². The third-order valence-electron chi connectivity index (χ3n) is 7.81. The fraction of sp³-hybridized carbons (Fsp3) is 0.467. The Morgan fingerprint density at radius 2 is 1.61 bits per heavy atom. The van der Waals surface area contributed by atoms with Crippen molar-refractivity contribution >= 4 is 17.5 Å². The van der Waals surface area contributed by atoms with E-state index in [0.29, 0.717) is 5.95 Å². The average molecular weight is 486 g/mol. The van der Waals surface area contributed by atoms with Crippen LogP contribution in [0.5, 0.6) is 5.75 Å². The number of rotatable bonds is 8. The van der Waals surface area contributed by atoms with Gasteiger partial charge < -0.3 is 15.0 Å². The van der Waals surface area contributed by atoms with E-state index in [1.54, 1.807) is 7.11 Å². The van der Waals surface area contributed by atoms with Crippen molar-refractivity contribution in [3.8, 4) is 5.75 Å². The molecule has 2 saturated heterocycles. The minimum atomic E-state index is 0.127. The van der Waals surface area contributed by atoms with Crippen LogP contribution in [0.2, 0.25) is 0 Å². The zero-order valence-electron chi connectivity index (χ0n) is 21.7. The first-order chi connectivity index (χ1) is 17.7. The van der Waals surface area contributed by atoms with E-state index < -0.39 is 0 Å². The van der Waals surface area contributed by atoms with E-state index in [1.807, 2.05) is 24.3 Å². The van der Waals surface area contributed by atoms with Gasteiger partial charge in [0.2, 0.25) is 5.95 Å². The van der Waals surface area contributed by atoms with E-state index in [2.05, 4.69) is 58.4 Å². The van der Waals surface area contributed by atoms with Crippen LogP contribution in [-0.4, -0.2) is 48.2 Å². The normalized spacial score (nSPS) is 18.1. The molecule has 1 aromatic heterocycles. The molecule has 0 radical (unpaired) electrons. The average Bonchev–Trinajstić information content (AvgIpc) is 2.94. The lowest BCUT2D eigenvalue weighted by Gasteiger charge is -2.51. The fourth-order valence-corrected chi connectivity index (χ4v) is 5.85. The number of anilines is 3. The number of hydrogen-bond donors (Lipinski definition) is 1. The van der Waals surface area contributed by atoms with Crippen LogP contribution in [0.25, 0.3) is 0 Å². The van der Waals surface area contributed by atoms with Crippen molar-refractivity contribution in [1.82, 2.24) is 14.9 Å². The highest BCUT2D eigenvalue weighted by atomic mass is 16.5. The first-order valence-electron chi connectivity index (χ1n) is 13.5. The Hall–Kier alpha value is -3.12. The van der Waals surface area contributed by atoms with Crippen molar-refractivity contribution < 1.29 is 4.74 Å². The lowest BCUT2D eigenvalue weighted by Crippen LogP contribution is -2.55. The van der Waals surface area contributed by atoms with E-state index in [-0.39, 0.29) is 5.54 Å². The molecule has 1 N–H and O–H groups in total. The molecule has 0 atom stereocenters. The van der Waals surface area contributed by atoms with Gasteiger partial charge >= 0.3 is 0 Å². The third kappa shape index (κ3) is 5.34. The number of ether oxygens (including phenoxy) is 1. The summed E-state index contributed by atoms with van der Waals surface area (Å²) >= 11 is 0. The van der Waals surface area contributed by atoms with Gasteiger partial charge in [0.1, 0.15) is 11.6 Å². The molecule has 190 valence electrons. The molecule has 2 aromatic carbocycles. The summed E-state index contributed by atoms with van der Waals surface area (Å²) in [7, 11) is 1.68. The van der Waals surface area contributed by atoms with Crippen molar-refractivity contribution in [1.29, 1.82) is 0 Å². The molecule has 0 spiro atoms. The number of piperidine rings is 2. The van der Waals surface area contributed by atoms with Crippen molar-refractivity contribution in [2.24, 2.45) is 0 Å². The lowest BCUT2D eigenvalue weighted by molar-refractivity contribution is 0.0411. The van der Waals surface area contributed by atoms with E-state index in [0.717, 1.165) is 61.7 Å². The molecule has 6 heteroatoms. The molecular weight excluding hydrogens is 446 g/mol. The highest BCUT2D eigenvalue weighted by Crippen LogP contribution is 2.41. The van der Waals surface area contributed by atoms with Crippen molar-refractivity contribution in [2.45, 2.75) is 57.4 Å². The first kappa shape index (κ1) is 24.6. The van der Waals surface area contributed by atoms with Crippen LogP contribution in [0.1, 0.15) is 56.7 Å². The summed E-state index contributed by atoms with van der Waals surface area (Å²) in [6.45, 7) is 6.61. The molecule has 0 saturated carbocycles. The third-order valence-corrected chi connectivity index (χ3v) is 7.81. The molecule has 3 aromatic rings. The van der Waals surface area contributed by atoms with E-state index >= 15 is 0 Å². The smallest absolute Gasteiger partial charge is 0.229 e. The van der Waals surface area contributed by atoms with Crippen LogP contribution < -0.4 is 15.0 Å². The molecule has 0 unspecified atom stereocenters. The monoisotopic (exact) mass is 485 g/mol. The van der Waals surface area contributed by atoms with Crippen LogP contribution in [-0.2, 0) is 12.0 Å². The number of methoxy groups -OCH3 is 1. The Morgan fingerprint density at radius 1 is 0.889 bits per heavy atom. The van der Waals surface area contributed by atoms with Crippen LogP contribution in [0, 0.1) is 0 Å². The quantitative estimate of drug-likeness (QED) is 0.412. The maximum absolute atomic E-state index is 5.29. The summed E-state index contributed by atoms with van der Waals surface area (Å²) in [6.07, 6.45) is 8.22. The van der Waals surface area contributed by atoms with Gasteiger partial charge in [-0.05, 0) is 75.0 Å². The second-order valence-electron chi connectivity index (χ2n) is 10.1. The molecule has 0 aliphatic carbocycles. The zero-order valence-corrected chi connectivity index (χ0v) is 21.7. The maximum Gasteiger partial charge on any atom is 0.229 e. The molecule has 6 nitrogen and oxygen atoms in total. The summed E-state index contributed by atoms with van der Waals surface area (Å²) in [4.78, 5) is 15.0. The van der Waals surface area contributed by atoms with Crippen LogP contribution in [0.15, 0.2) is 60.7 Å². The highest BCUT2D eigenvalue weighted by molar-refractivity contribution is 5.57. The number of nitrogens with zero attached hydrogens (tertiary/aromatic N) is 4. The number of likely N-dealkylation sites (tertiary alicyclic amines) is 1. The Bertz CT molecular complexity index is 1100. The Labute approximate surface area is 215 Å². The van der Waals surface area contributed by atoms with Gasteiger partial charge in [-0.3, -0.25) is 4.90 Å². The number of benzene rings is 2. The van der Waals surface area contributed by atoms with Gasteiger partial charge in [0, 0.05) is 36.1 Å². The predicted molar refractivity (Wildman–Crippen MR) is 147 cm³/mol. The van der Waals surface area contributed by atoms with Crippen LogP contribution in [0.3, 0.4) is 0 Å². The number of nitrogens with one attached hydrogen (secondary N) is 1. The van der Waals surface area contributed by atoms with Gasteiger partial charge in [0.25, 0.3) is 0 Å². The maximum atomic E-state index is 5.29. The standard InChI is InChI=1S/C30H39N5O/c1-3-10-26-23-28(33-29(32-26)31-25-13-15-27(36-2)16-14-25)34-21-17-30(18-22-34,24-11-6-4-7-12-24)35-19-8-5-9-20-35/h4,6-7,11-16,23H,3,5,8-10,17-22H2,1-2H3,(H,31,32,33). The van der Waals surface area contributed by atoms with Gasteiger partial charge in [-0.15, -0.1) is 0 Å². The lowest BCUT2D eigenvalue weighted by atomic mass is 9.78. The van der Waals surface area contributed by atoms with Gasteiger partial charge in [-0.25, -0.2) is 4.98 Å². The molecule has 3 heterocycles. The first-order valence-corrected chi connectivity index (χ1v) is 13.5. The zero-order chi connectivity index (χ0) is 24.8. The molecular formula is C30H39N5O. The van der Waals surface area contributed by atoms with Gasteiger partial charge in [0.05, 0.1) is 7.11 Å². The van der Waals surface area contributed by atoms with Crippen LogP contribution in [0.4, 0.5) is 17.5 Å². The van der Waals surface area contributed by atoms with Gasteiger partial charge in [-0.2, -0.15) is 4.98 Å². The number of aryl methyl sites for hydroxylation is 1. The van der Waals surface area contributed by atoms with Crippen molar-refractivity contribution in [3.05, 3.63) is 71.9 Å². The van der Waals surface area contributed by atoms with E-state index in [4.69, 9.17) is 14.7 Å². The summed E-state index contributed by atoms with van der Waals surface area (Å²) < 4.78 is 5.29. The summed E-state index contributed by atoms with van der Waals surface area (Å²) in [5.41, 5.74) is 3.65. The summed E-state index contributed by atoms with van der Waals surface area (Å²) in [6, 6.07) is 21.3. The topological polar surface area (TPSA) is 53.5 Å². The molecule has 36 heavy (non-hydrogen) atoms. The number of hydrogen-bond acceptors (Lipinski definition) is 6. The highest BCUT2D eigenvalue weighted by Gasteiger charge is 2.41. The molecule has 0 bridgehead atoms.